The van der Waals surface area contributed by atoms with E-state index in [4.69, 9.17) is 4.65 Å². The molecule has 0 spiro atoms. The molecule has 2 rings (SSSR count). The molecule has 1 saturated heterocycles. The van der Waals surface area contributed by atoms with Crippen LogP contribution in [0.1, 0.15) is 27.7 Å². The highest BCUT2D eigenvalue weighted by Gasteiger charge is 2.49. The number of hydrogen-bond acceptors (Lipinski definition) is 1. The van der Waals surface area contributed by atoms with E-state index in [9.17, 15) is 4.39 Å². The molecule has 0 aliphatic carbocycles. The lowest BCUT2D eigenvalue weighted by Crippen LogP contribution is -2.36. The molecule has 1 aliphatic rings. The van der Waals surface area contributed by atoms with Gasteiger partial charge in [-0.05, 0) is 43.2 Å². The fourth-order valence-electron chi connectivity index (χ4n) is 2.13. The normalized spacial score (nSPS) is 22.4. The highest BCUT2D eigenvalue weighted by atomic mass is 19.1. The van der Waals surface area contributed by atoms with Crippen molar-refractivity contribution in [3.63, 3.8) is 0 Å². The molecule has 3 heteroatoms. The van der Waals surface area contributed by atoms with Crippen LogP contribution in [0.5, 0.6) is 0 Å². The second-order valence-corrected chi connectivity index (χ2v) is 5.76. The van der Waals surface area contributed by atoms with Crippen LogP contribution in [0.15, 0.2) is 24.3 Å². The van der Waals surface area contributed by atoms with Crippen molar-refractivity contribution in [3.05, 3.63) is 30.1 Å². The average molecular weight is 220 g/mol. The summed E-state index contributed by atoms with van der Waals surface area (Å²) in [7, 11) is 0. The summed E-state index contributed by atoms with van der Waals surface area (Å²) in [5.74, 6) is -0.194. The fraction of sp³-hybridized carbons (Fsp3) is 0.538. The van der Waals surface area contributed by atoms with Crippen molar-refractivity contribution in [2.75, 3.05) is 0 Å². The zero-order valence-corrected chi connectivity index (χ0v) is 10.4. The lowest BCUT2D eigenvalue weighted by atomic mass is 9.54. The summed E-state index contributed by atoms with van der Waals surface area (Å²) in [5.41, 5.74) is 1.08. The van der Waals surface area contributed by atoms with E-state index in [1.165, 1.54) is 12.1 Å². The van der Waals surface area contributed by atoms with E-state index in [2.05, 4.69) is 27.7 Å². The zero-order valence-electron chi connectivity index (χ0n) is 10.4. The third-order valence-corrected chi connectivity index (χ3v) is 4.00. The quantitative estimate of drug-likeness (QED) is 0.661. The first-order valence-electron chi connectivity index (χ1n) is 5.75. The van der Waals surface area contributed by atoms with Gasteiger partial charge in [0.05, 0.1) is 5.60 Å². The van der Waals surface area contributed by atoms with Gasteiger partial charge in [0.25, 0.3) is 0 Å². The van der Waals surface area contributed by atoms with E-state index in [-0.39, 0.29) is 23.7 Å². The molecule has 86 valence electrons. The zero-order chi connectivity index (χ0) is 12.0. The van der Waals surface area contributed by atoms with Crippen LogP contribution in [0, 0.1) is 11.2 Å². The van der Waals surface area contributed by atoms with Gasteiger partial charge >= 0.3 is 6.92 Å². The first-order chi connectivity index (χ1) is 7.32. The van der Waals surface area contributed by atoms with Gasteiger partial charge in [0.15, 0.2) is 0 Å². The maximum atomic E-state index is 12.8. The van der Waals surface area contributed by atoms with E-state index in [1.54, 1.807) is 0 Å². The Balaban J connectivity index is 2.23. The van der Waals surface area contributed by atoms with E-state index in [0.29, 0.717) is 0 Å². The minimum atomic E-state index is -0.194. The largest absolute Gasteiger partial charge is 0.426 e. The molecule has 1 aliphatic heterocycles. The molecule has 1 heterocycles. The number of halogens is 1. The predicted molar refractivity (Wildman–Crippen MR) is 65.5 cm³/mol. The lowest BCUT2D eigenvalue weighted by molar-refractivity contribution is 0.0375. The van der Waals surface area contributed by atoms with Crippen LogP contribution in [-0.2, 0) is 4.65 Å². The molecule has 0 saturated carbocycles. The topological polar surface area (TPSA) is 9.23 Å². The molecule has 0 N–H and O–H groups in total. The third-order valence-electron chi connectivity index (χ3n) is 4.00. The van der Waals surface area contributed by atoms with E-state index < -0.39 is 0 Å². The Kier molecular flexibility index (Phi) is 2.62. The van der Waals surface area contributed by atoms with Crippen LogP contribution >= 0.6 is 0 Å². The van der Waals surface area contributed by atoms with Crippen molar-refractivity contribution >= 4 is 12.4 Å². The number of benzene rings is 1. The van der Waals surface area contributed by atoms with Crippen molar-refractivity contribution in [1.82, 2.24) is 0 Å². The molecular weight excluding hydrogens is 202 g/mol. The van der Waals surface area contributed by atoms with Crippen molar-refractivity contribution in [2.45, 2.75) is 39.6 Å². The third kappa shape index (κ3) is 1.89. The van der Waals surface area contributed by atoms with Crippen LogP contribution in [0.25, 0.3) is 0 Å². The molecule has 1 nitrogen and oxygen atoms in total. The van der Waals surface area contributed by atoms with Gasteiger partial charge in [0, 0.05) is 0 Å². The SMILES string of the molecule is CC1(C)CB(c2ccc(F)cc2)OC1(C)C. The van der Waals surface area contributed by atoms with Crippen LogP contribution < -0.4 is 5.46 Å². The Morgan fingerprint density at radius 1 is 1.12 bits per heavy atom. The van der Waals surface area contributed by atoms with E-state index in [1.807, 2.05) is 12.1 Å². The van der Waals surface area contributed by atoms with Gasteiger partial charge in [0.2, 0.25) is 0 Å². The van der Waals surface area contributed by atoms with Gasteiger partial charge in [0.1, 0.15) is 5.82 Å². The average Bonchev–Trinajstić information content (AvgIpc) is 2.37. The molecule has 16 heavy (non-hydrogen) atoms. The predicted octanol–water partition coefficient (Wildman–Crippen LogP) is 2.86. The van der Waals surface area contributed by atoms with Gasteiger partial charge < -0.3 is 4.65 Å². The molecule has 0 amide bonds. The summed E-state index contributed by atoms with van der Waals surface area (Å²) < 4.78 is 18.9. The van der Waals surface area contributed by atoms with Crippen LogP contribution in [-0.4, -0.2) is 12.5 Å². The molecule has 1 aromatic carbocycles. The first-order valence-corrected chi connectivity index (χ1v) is 5.75. The molecule has 1 fully saturated rings. The van der Waals surface area contributed by atoms with E-state index in [0.717, 1.165) is 11.8 Å². The summed E-state index contributed by atoms with van der Waals surface area (Å²) in [6.07, 6.45) is 0.978. The van der Waals surface area contributed by atoms with Crippen LogP contribution in [0.3, 0.4) is 0 Å². The molecule has 1 aromatic rings. The second-order valence-electron chi connectivity index (χ2n) is 5.76. The Bertz CT molecular complexity index is 367. The smallest absolute Gasteiger partial charge is 0.327 e. The highest BCUT2D eigenvalue weighted by Crippen LogP contribution is 2.44. The lowest BCUT2D eigenvalue weighted by Gasteiger charge is -2.34. The summed E-state index contributed by atoms with van der Waals surface area (Å²) in [6, 6.07) is 6.63. The number of hydrogen-bond donors (Lipinski definition) is 0. The maximum Gasteiger partial charge on any atom is 0.327 e. The van der Waals surface area contributed by atoms with Gasteiger partial charge in [-0.3, -0.25) is 0 Å². The molecular formula is C13H18BFO. The standard InChI is InChI=1S/C13H18BFO/c1-12(2)9-14(16-13(12,3)4)10-5-7-11(15)8-6-10/h5-8H,9H2,1-4H3. The summed E-state index contributed by atoms with van der Waals surface area (Å²) in [6.45, 7) is 8.77. The maximum absolute atomic E-state index is 12.8. The van der Waals surface area contributed by atoms with Gasteiger partial charge in [-0.15, -0.1) is 0 Å². The van der Waals surface area contributed by atoms with Crippen molar-refractivity contribution < 1.29 is 9.04 Å². The Hall–Kier alpha value is -0.825. The number of rotatable bonds is 1. The van der Waals surface area contributed by atoms with Crippen molar-refractivity contribution in [1.29, 1.82) is 0 Å². The molecule has 0 atom stereocenters. The molecule has 0 unspecified atom stereocenters. The van der Waals surface area contributed by atoms with Gasteiger partial charge in [-0.1, -0.05) is 26.0 Å². The summed E-state index contributed by atoms with van der Waals surface area (Å²) in [5, 5.41) is 0. The van der Waals surface area contributed by atoms with Gasteiger partial charge in [-0.25, -0.2) is 4.39 Å². The molecule has 0 aromatic heterocycles. The minimum absolute atomic E-state index is 0.0885. The summed E-state index contributed by atoms with van der Waals surface area (Å²) in [4.78, 5) is 0. The Morgan fingerprint density at radius 2 is 1.69 bits per heavy atom. The van der Waals surface area contributed by atoms with E-state index >= 15 is 0 Å². The Labute approximate surface area is 97.1 Å². The van der Waals surface area contributed by atoms with Crippen molar-refractivity contribution in [3.8, 4) is 0 Å². The molecule has 0 radical (unpaired) electrons. The highest BCUT2D eigenvalue weighted by molar-refractivity contribution is 6.68. The minimum Gasteiger partial charge on any atom is -0.426 e. The molecule has 0 bridgehead atoms. The summed E-state index contributed by atoms with van der Waals surface area (Å²) >= 11 is 0. The van der Waals surface area contributed by atoms with Crippen molar-refractivity contribution in [2.24, 2.45) is 5.41 Å². The first kappa shape index (κ1) is 11.7. The van der Waals surface area contributed by atoms with Gasteiger partial charge in [-0.2, -0.15) is 0 Å². The monoisotopic (exact) mass is 220 g/mol. The Morgan fingerprint density at radius 3 is 2.12 bits per heavy atom. The fourth-order valence-corrected chi connectivity index (χ4v) is 2.13. The second kappa shape index (κ2) is 3.59. The van der Waals surface area contributed by atoms with Crippen LogP contribution in [0.4, 0.5) is 4.39 Å². The van der Waals surface area contributed by atoms with Crippen LogP contribution in [0.2, 0.25) is 6.32 Å².